The number of ether oxygens (including phenoxy) is 1. The van der Waals surface area contributed by atoms with Crippen molar-refractivity contribution in [1.29, 1.82) is 0 Å². The molecule has 3 nitrogen and oxygen atoms in total. The second-order valence-corrected chi connectivity index (χ2v) is 5.15. The van der Waals surface area contributed by atoms with E-state index in [1.165, 1.54) is 38.5 Å². The Morgan fingerprint density at radius 3 is 2.81 bits per heavy atom. The quantitative estimate of drug-likeness (QED) is 0.795. The lowest BCUT2D eigenvalue weighted by molar-refractivity contribution is 0.0727. The smallest absolute Gasteiger partial charge is 0.0588 e. The summed E-state index contributed by atoms with van der Waals surface area (Å²) in [6.45, 7) is 3.55. The third-order valence-electron chi connectivity index (χ3n) is 3.97. The van der Waals surface area contributed by atoms with E-state index in [0.717, 1.165) is 26.1 Å². The Labute approximate surface area is 98.8 Å². The number of hydrogen-bond donors (Lipinski definition) is 1. The average molecular weight is 227 g/mol. The van der Waals surface area contributed by atoms with Crippen LogP contribution < -0.4 is 0 Å². The fraction of sp³-hybridized carbons (Fsp3) is 1.00. The van der Waals surface area contributed by atoms with E-state index in [1.54, 1.807) is 0 Å². The van der Waals surface area contributed by atoms with Crippen molar-refractivity contribution in [3.63, 3.8) is 0 Å². The van der Waals surface area contributed by atoms with Crippen molar-refractivity contribution in [2.24, 2.45) is 0 Å². The molecule has 0 amide bonds. The molecule has 0 spiro atoms. The van der Waals surface area contributed by atoms with Crippen LogP contribution in [-0.2, 0) is 4.74 Å². The van der Waals surface area contributed by atoms with Crippen LogP contribution in [0.1, 0.15) is 44.9 Å². The molecule has 2 aliphatic rings. The number of nitrogens with zero attached hydrogens (tertiary/aromatic N) is 1. The Balaban J connectivity index is 1.75. The highest BCUT2D eigenvalue weighted by molar-refractivity contribution is 4.76. The Bertz CT molecular complexity index is 192. The molecule has 2 atom stereocenters. The van der Waals surface area contributed by atoms with Gasteiger partial charge in [0.25, 0.3) is 0 Å². The highest BCUT2D eigenvalue weighted by Gasteiger charge is 2.22. The molecule has 3 heteroatoms. The van der Waals surface area contributed by atoms with E-state index in [1.807, 2.05) is 0 Å². The van der Waals surface area contributed by atoms with Gasteiger partial charge in [-0.2, -0.15) is 0 Å². The molecule has 2 unspecified atom stereocenters. The molecular formula is C13H25NO2. The van der Waals surface area contributed by atoms with E-state index < -0.39 is 0 Å². The van der Waals surface area contributed by atoms with Crippen LogP contribution in [0.25, 0.3) is 0 Å². The molecule has 0 bridgehead atoms. The van der Waals surface area contributed by atoms with Gasteiger partial charge >= 0.3 is 0 Å². The van der Waals surface area contributed by atoms with Gasteiger partial charge in [0.05, 0.1) is 12.7 Å². The summed E-state index contributed by atoms with van der Waals surface area (Å²) in [5.74, 6) is 0. The van der Waals surface area contributed by atoms with Gasteiger partial charge in [-0.15, -0.1) is 0 Å². The predicted molar refractivity (Wildman–Crippen MR) is 64.5 cm³/mol. The molecule has 2 aliphatic heterocycles. The zero-order chi connectivity index (χ0) is 11.2. The average Bonchev–Trinajstić information content (AvgIpc) is 2.71. The summed E-state index contributed by atoms with van der Waals surface area (Å²) in [6, 6.07) is 0.406. The maximum atomic E-state index is 9.41. The van der Waals surface area contributed by atoms with Gasteiger partial charge in [-0.05, 0) is 38.6 Å². The van der Waals surface area contributed by atoms with Crippen molar-refractivity contribution < 1.29 is 9.84 Å². The summed E-state index contributed by atoms with van der Waals surface area (Å²) in [7, 11) is 0. The van der Waals surface area contributed by atoms with Gasteiger partial charge in [0.2, 0.25) is 0 Å². The van der Waals surface area contributed by atoms with Crippen molar-refractivity contribution in [3.05, 3.63) is 0 Å². The third kappa shape index (κ3) is 3.44. The van der Waals surface area contributed by atoms with Crippen molar-refractivity contribution in [2.45, 2.75) is 57.1 Å². The molecule has 1 N–H and O–H groups in total. The highest BCUT2D eigenvalue weighted by atomic mass is 16.5. The van der Waals surface area contributed by atoms with E-state index in [0.29, 0.717) is 18.8 Å². The normalized spacial score (nSPS) is 32.8. The van der Waals surface area contributed by atoms with E-state index in [-0.39, 0.29) is 0 Å². The van der Waals surface area contributed by atoms with Crippen LogP contribution in [-0.4, -0.2) is 48.5 Å². The molecule has 16 heavy (non-hydrogen) atoms. The topological polar surface area (TPSA) is 32.7 Å². The summed E-state index contributed by atoms with van der Waals surface area (Å²) in [6.07, 6.45) is 9.17. The van der Waals surface area contributed by atoms with Crippen molar-refractivity contribution in [3.8, 4) is 0 Å². The highest BCUT2D eigenvalue weighted by Crippen LogP contribution is 2.20. The van der Waals surface area contributed by atoms with Gasteiger partial charge in [-0.1, -0.05) is 12.8 Å². The molecule has 0 aromatic heterocycles. The lowest BCUT2D eigenvalue weighted by Crippen LogP contribution is -2.39. The minimum absolute atomic E-state index is 0.325. The molecule has 2 rings (SSSR count). The summed E-state index contributed by atoms with van der Waals surface area (Å²) in [5, 5.41) is 9.41. The zero-order valence-electron chi connectivity index (χ0n) is 10.2. The van der Waals surface area contributed by atoms with Crippen LogP contribution >= 0.6 is 0 Å². The molecule has 94 valence electrons. The van der Waals surface area contributed by atoms with Gasteiger partial charge in [-0.25, -0.2) is 0 Å². The maximum absolute atomic E-state index is 9.41. The van der Waals surface area contributed by atoms with Crippen molar-refractivity contribution in [2.75, 3.05) is 26.3 Å². The number of aliphatic hydroxyl groups excluding tert-OH is 1. The number of aliphatic hydroxyl groups is 1. The Hall–Kier alpha value is -0.120. The molecule has 0 saturated carbocycles. The van der Waals surface area contributed by atoms with Crippen LogP contribution in [0.4, 0.5) is 0 Å². The number of rotatable bonds is 4. The lowest BCUT2D eigenvalue weighted by Gasteiger charge is -2.29. The lowest BCUT2D eigenvalue weighted by atomic mass is 10.1. The van der Waals surface area contributed by atoms with Gasteiger partial charge in [-0.3, -0.25) is 4.90 Å². The fourth-order valence-corrected chi connectivity index (χ4v) is 2.92. The predicted octanol–water partition coefficient (Wildman–Crippen LogP) is 1.79. The van der Waals surface area contributed by atoms with E-state index >= 15 is 0 Å². The molecule has 2 fully saturated rings. The third-order valence-corrected chi connectivity index (χ3v) is 3.97. The van der Waals surface area contributed by atoms with E-state index in [9.17, 15) is 5.11 Å². The van der Waals surface area contributed by atoms with Crippen LogP contribution in [0.15, 0.2) is 0 Å². The molecule has 0 aromatic rings. The summed E-state index contributed by atoms with van der Waals surface area (Å²) >= 11 is 0. The molecular weight excluding hydrogens is 202 g/mol. The standard InChI is InChI=1S/C13H25NO2/c15-11-12-5-2-1-3-8-14(12)9-7-13-6-4-10-16-13/h12-13,15H,1-11H2. The monoisotopic (exact) mass is 227 g/mol. The minimum atomic E-state index is 0.325. The Morgan fingerprint density at radius 2 is 2.06 bits per heavy atom. The molecule has 0 aliphatic carbocycles. The summed E-state index contributed by atoms with van der Waals surface area (Å²) in [5.41, 5.74) is 0. The first-order valence-corrected chi connectivity index (χ1v) is 6.86. The Morgan fingerprint density at radius 1 is 1.12 bits per heavy atom. The van der Waals surface area contributed by atoms with Gasteiger partial charge in [0.1, 0.15) is 0 Å². The first kappa shape index (κ1) is 12.3. The first-order chi connectivity index (χ1) is 7.90. The summed E-state index contributed by atoms with van der Waals surface area (Å²) < 4.78 is 5.65. The first-order valence-electron chi connectivity index (χ1n) is 6.86. The summed E-state index contributed by atoms with van der Waals surface area (Å²) in [4.78, 5) is 2.48. The number of likely N-dealkylation sites (tertiary alicyclic amines) is 1. The van der Waals surface area contributed by atoms with Gasteiger partial charge < -0.3 is 9.84 Å². The van der Waals surface area contributed by atoms with Crippen LogP contribution in [0.5, 0.6) is 0 Å². The van der Waals surface area contributed by atoms with Gasteiger partial charge in [0.15, 0.2) is 0 Å². The second kappa shape index (κ2) is 6.58. The van der Waals surface area contributed by atoms with Crippen molar-refractivity contribution in [1.82, 2.24) is 4.90 Å². The number of hydrogen-bond acceptors (Lipinski definition) is 3. The van der Waals surface area contributed by atoms with E-state index in [2.05, 4.69) is 4.90 Å². The van der Waals surface area contributed by atoms with Crippen LogP contribution in [0, 0.1) is 0 Å². The van der Waals surface area contributed by atoms with E-state index in [4.69, 9.17) is 4.74 Å². The van der Waals surface area contributed by atoms with Crippen LogP contribution in [0.3, 0.4) is 0 Å². The van der Waals surface area contributed by atoms with Crippen molar-refractivity contribution >= 4 is 0 Å². The SMILES string of the molecule is OCC1CCCCCN1CCC1CCCO1. The minimum Gasteiger partial charge on any atom is -0.395 e. The molecule has 2 saturated heterocycles. The molecule has 0 radical (unpaired) electrons. The Kier molecular flexibility index (Phi) is 5.07. The maximum Gasteiger partial charge on any atom is 0.0588 e. The second-order valence-electron chi connectivity index (χ2n) is 5.15. The van der Waals surface area contributed by atoms with Gasteiger partial charge in [0, 0.05) is 19.2 Å². The zero-order valence-corrected chi connectivity index (χ0v) is 10.2. The van der Waals surface area contributed by atoms with Crippen LogP contribution in [0.2, 0.25) is 0 Å². The fourth-order valence-electron chi connectivity index (χ4n) is 2.92. The largest absolute Gasteiger partial charge is 0.395 e. The molecule has 0 aromatic carbocycles. The molecule has 2 heterocycles.